The Morgan fingerprint density at radius 1 is 1.17 bits per heavy atom. The number of aromatic nitrogens is 3. The van der Waals surface area contributed by atoms with Crippen LogP contribution in [0.15, 0.2) is 41.2 Å². The van der Waals surface area contributed by atoms with Crippen molar-refractivity contribution < 1.29 is 9.53 Å². The van der Waals surface area contributed by atoms with Crippen LogP contribution in [0, 0.1) is 0 Å². The first-order chi connectivity index (χ1) is 11.6. The van der Waals surface area contributed by atoms with E-state index in [-0.39, 0.29) is 11.6 Å². The molecule has 0 saturated carbocycles. The summed E-state index contributed by atoms with van der Waals surface area (Å²) < 4.78 is 6.11. The molecule has 4 aromatic rings. The van der Waals surface area contributed by atoms with Gasteiger partial charge in [-0.15, -0.1) is 0 Å². The highest BCUT2D eigenvalue weighted by Gasteiger charge is 2.11. The topological polar surface area (TPSA) is 99.9 Å². The van der Waals surface area contributed by atoms with Crippen molar-refractivity contribution in [2.75, 3.05) is 12.4 Å². The lowest BCUT2D eigenvalue weighted by Crippen LogP contribution is -2.11. The second-order valence-electron chi connectivity index (χ2n) is 5.15. The molecule has 2 aromatic heterocycles. The third-order valence-corrected chi connectivity index (χ3v) is 4.53. The van der Waals surface area contributed by atoms with Crippen molar-refractivity contribution in [1.82, 2.24) is 15.0 Å². The molecule has 0 bridgehead atoms. The molecule has 0 aliphatic carbocycles. The largest absolute Gasteiger partial charge is 0.497 e. The summed E-state index contributed by atoms with van der Waals surface area (Å²) in [7, 11) is 1.60. The fourth-order valence-electron chi connectivity index (χ4n) is 2.43. The first-order valence-corrected chi connectivity index (χ1v) is 7.92. The number of rotatable bonds is 3. The summed E-state index contributed by atoms with van der Waals surface area (Å²) in [5, 5.41) is 3.29. The van der Waals surface area contributed by atoms with Gasteiger partial charge in [0.25, 0.3) is 5.91 Å². The molecule has 120 valence electrons. The molecule has 0 aliphatic rings. The number of carbonyl (C=O) groups is 1. The summed E-state index contributed by atoms with van der Waals surface area (Å²) in [5.41, 5.74) is 2.17. The van der Waals surface area contributed by atoms with Crippen molar-refractivity contribution in [2.45, 2.75) is 0 Å². The van der Waals surface area contributed by atoms with Gasteiger partial charge in [-0.05, 0) is 36.4 Å². The van der Waals surface area contributed by atoms with E-state index in [9.17, 15) is 9.59 Å². The molecule has 7 nitrogen and oxygen atoms in total. The monoisotopic (exact) mass is 340 g/mol. The van der Waals surface area contributed by atoms with Crippen molar-refractivity contribution in [3.05, 3.63) is 52.4 Å². The van der Waals surface area contributed by atoms with Crippen LogP contribution in [0.4, 0.5) is 5.13 Å². The molecule has 2 aromatic carbocycles. The Labute approximate surface area is 139 Å². The summed E-state index contributed by atoms with van der Waals surface area (Å²) in [6.45, 7) is 0. The number of imidazole rings is 1. The van der Waals surface area contributed by atoms with Crippen LogP contribution in [-0.2, 0) is 0 Å². The summed E-state index contributed by atoms with van der Waals surface area (Å²) in [6.07, 6.45) is 0. The minimum Gasteiger partial charge on any atom is -0.497 e. The van der Waals surface area contributed by atoms with Crippen LogP contribution >= 0.6 is 11.3 Å². The van der Waals surface area contributed by atoms with Crippen molar-refractivity contribution in [3.8, 4) is 5.75 Å². The molecule has 0 unspecified atom stereocenters. The van der Waals surface area contributed by atoms with Crippen molar-refractivity contribution in [1.29, 1.82) is 0 Å². The normalized spacial score (nSPS) is 11.0. The Balaban J connectivity index is 1.63. The number of hydrogen-bond acceptors (Lipinski definition) is 5. The molecule has 3 N–H and O–H groups in total. The Kier molecular flexibility index (Phi) is 3.31. The minimum atomic E-state index is -0.303. The first-order valence-electron chi connectivity index (χ1n) is 7.10. The average Bonchev–Trinajstić information content (AvgIpc) is 3.14. The van der Waals surface area contributed by atoms with E-state index in [0.29, 0.717) is 21.7 Å². The molecule has 0 saturated heterocycles. The summed E-state index contributed by atoms with van der Waals surface area (Å²) in [5.74, 6) is 0.455. The second-order valence-corrected chi connectivity index (χ2v) is 6.18. The average molecular weight is 340 g/mol. The lowest BCUT2D eigenvalue weighted by Gasteiger charge is -2.01. The third kappa shape index (κ3) is 2.52. The van der Waals surface area contributed by atoms with Crippen LogP contribution in [-0.4, -0.2) is 28.0 Å². The maximum absolute atomic E-state index is 12.4. The van der Waals surface area contributed by atoms with Crippen molar-refractivity contribution in [3.63, 3.8) is 0 Å². The zero-order chi connectivity index (χ0) is 16.7. The SMILES string of the molecule is COc1ccc2nc(NC(=O)c3ccc4[nH]c(=O)[nH]c4c3)sc2c1. The Morgan fingerprint density at radius 2 is 2.00 bits per heavy atom. The van der Waals surface area contributed by atoms with Gasteiger partial charge in [-0.1, -0.05) is 11.3 Å². The van der Waals surface area contributed by atoms with Crippen LogP contribution in [0.25, 0.3) is 21.3 Å². The number of anilines is 1. The molecule has 4 rings (SSSR count). The highest BCUT2D eigenvalue weighted by atomic mass is 32.1. The number of amides is 1. The quantitative estimate of drug-likeness (QED) is 0.534. The van der Waals surface area contributed by atoms with Crippen LogP contribution in [0.5, 0.6) is 5.75 Å². The molecular formula is C16H12N4O3S. The number of aromatic amines is 2. The van der Waals surface area contributed by atoms with Gasteiger partial charge in [0.2, 0.25) is 0 Å². The van der Waals surface area contributed by atoms with E-state index < -0.39 is 0 Å². The summed E-state index contributed by atoms with van der Waals surface area (Å²) in [4.78, 5) is 33.3. The van der Waals surface area contributed by atoms with Crippen molar-refractivity contribution >= 4 is 43.6 Å². The molecular weight excluding hydrogens is 328 g/mol. The third-order valence-electron chi connectivity index (χ3n) is 3.59. The van der Waals surface area contributed by atoms with E-state index in [0.717, 1.165) is 16.0 Å². The smallest absolute Gasteiger partial charge is 0.323 e. The van der Waals surface area contributed by atoms with Gasteiger partial charge in [-0.3, -0.25) is 10.1 Å². The number of nitrogens with zero attached hydrogens (tertiary/aromatic N) is 1. The highest BCUT2D eigenvalue weighted by Crippen LogP contribution is 2.29. The van der Waals surface area contributed by atoms with E-state index in [4.69, 9.17) is 4.74 Å². The van der Waals surface area contributed by atoms with E-state index in [2.05, 4.69) is 20.3 Å². The van der Waals surface area contributed by atoms with E-state index >= 15 is 0 Å². The number of hydrogen-bond donors (Lipinski definition) is 3. The fourth-order valence-corrected chi connectivity index (χ4v) is 3.32. The van der Waals surface area contributed by atoms with E-state index in [1.165, 1.54) is 11.3 Å². The van der Waals surface area contributed by atoms with E-state index in [1.54, 1.807) is 25.3 Å². The van der Waals surface area contributed by atoms with Crippen LogP contribution in [0.3, 0.4) is 0 Å². The van der Waals surface area contributed by atoms with Gasteiger partial charge >= 0.3 is 5.69 Å². The Morgan fingerprint density at radius 3 is 2.83 bits per heavy atom. The molecule has 0 aliphatic heterocycles. The molecule has 8 heteroatoms. The number of thiazole rings is 1. The number of ether oxygens (including phenoxy) is 1. The fraction of sp³-hybridized carbons (Fsp3) is 0.0625. The second kappa shape index (κ2) is 5.50. The maximum atomic E-state index is 12.4. The molecule has 0 spiro atoms. The Hall–Kier alpha value is -3.13. The van der Waals surface area contributed by atoms with Crippen molar-refractivity contribution in [2.24, 2.45) is 0 Å². The zero-order valence-electron chi connectivity index (χ0n) is 12.5. The molecule has 0 fully saturated rings. The number of benzene rings is 2. The number of fused-ring (bicyclic) bond motifs is 2. The molecule has 2 heterocycles. The van der Waals surface area contributed by atoms with Crippen LogP contribution in [0.2, 0.25) is 0 Å². The number of carbonyl (C=O) groups excluding carboxylic acids is 1. The van der Waals surface area contributed by atoms with Gasteiger partial charge in [0.15, 0.2) is 5.13 Å². The van der Waals surface area contributed by atoms with Crippen LogP contribution < -0.4 is 15.7 Å². The zero-order valence-corrected chi connectivity index (χ0v) is 13.4. The van der Waals surface area contributed by atoms with Crippen LogP contribution in [0.1, 0.15) is 10.4 Å². The van der Waals surface area contributed by atoms with Gasteiger partial charge in [0, 0.05) is 5.56 Å². The van der Waals surface area contributed by atoms with E-state index in [1.807, 2.05) is 18.2 Å². The summed E-state index contributed by atoms with van der Waals surface area (Å²) >= 11 is 1.37. The van der Waals surface area contributed by atoms with Gasteiger partial charge < -0.3 is 14.7 Å². The predicted molar refractivity (Wildman–Crippen MR) is 93.0 cm³/mol. The molecule has 0 atom stereocenters. The van der Waals surface area contributed by atoms with Gasteiger partial charge in [-0.25, -0.2) is 9.78 Å². The maximum Gasteiger partial charge on any atom is 0.323 e. The number of nitrogens with one attached hydrogen (secondary N) is 3. The number of methoxy groups -OCH3 is 1. The molecule has 24 heavy (non-hydrogen) atoms. The van der Waals surface area contributed by atoms with Gasteiger partial charge in [0.05, 0.1) is 28.4 Å². The predicted octanol–water partition coefficient (Wildman–Crippen LogP) is 2.73. The summed E-state index contributed by atoms with van der Waals surface area (Å²) in [6, 6.07) is 10.5. The molecule has 0 radical (unpaired) electrons. The lowest BCUT2D eigenvalue weighted by molar-refractivity contribution is 0.102. The number of H-pyrrole nitrogens is 2. The first kappa shape index (κ1) is 14.5. The highest BCUT2D eigenvalue weighted by molar-refractivity contribution is 7.22. The molecule has 1 amide bonds. The van der Waals surface area contributed by atoms with Gasteiger partial charge in [0.1, 0.15) is 5.75 Å². The van der Waals surface area contributed by atoms with Gasteiger partial charge in [-0.2, -0.15) is 0 Å². The Bertz CT molecular complexity index is 1130. The minimum absolute atomic E-state index is 0.287. The lowest BCUT2D eigenvalue weighted by atomic mass is 10.2. The standard InChI is InChI=1S/C16H12N4O3S/c1-23-9-3-5-11-13(7-9)24-16(19-11)20-14(21)8-2-4-10-12(6-8)18-15(22)17-10/h2-7H,1H3,(H2,17,18,22)(H,19,20,21).